The van der Waals surface area contributed by atoms with Crippen molar-refractivity contribution < 1.29 is 24.3 Å². The van der Waals surface area contributed by atoms with E-state index in [4.69, 9.17) is 0 Å². The standard InChI is InChI=1S/C45H51N3O5/c1-5-9-12-26(7-3)23-47-42(50)32-18-15-29-30-16-19-34-39-35(45(53)48(44(34)52)24-27(8-4)13-10-6-2)22-36(46-21-11-14-28(46)25-49)40(41(30)39)31-17-20-33(43(47)51)38(32)37(29)31/h15-20,22,26-28,49H,5-14,21,23-25H2,1-4H3/t26?,27?,28-/m1/s1. The number of unbranched alkanes of at least 4 members (excludes halogenated alkanes) is 2. The maximum atomic E-state index is 14.6. The first-order chi connectivity index (χ1) is 25.8. The van der Waals surface area contributed by atoms with E-state index >= 15 is 0 Å². The lowest BCUT2D eigenvalue weighted by atomic mass is 9.81. The molecule has 2 unspecified atom stereocenters. The number of nitrogens with zero attached hydrogens (tertiary/aromatic N) is 3. The zero-order chi connectivity index (χ0) is 37.1. The highest BCUT2D eigenvalue weighted by molar-refractivity contribution is 6.42. The Labute approximate surface area is 311 Å². The zero-order valence-electron chi connectivity index (χ0n) is 31.6. The highest BCUT2D eigenvalue weighted by Gasteiger charge is 2.39. The molecule has 0 saturated carbocycles. The molecule has 8 heteroatoms. The second-order valence-corrected chi connectivity index (χ2v) is 15.7. The summed E-state index contributed by atoms with van der Waals surface area (Å²) in [7, 11) is 0. The van der Waals surface area contributed by atoms with Crippen LogP contribution in [0.1, 0.15) is 133 Å². The Morgan fingerprint density at radius 3 is 1.62 bits per heavy atom. The molecule has 0 aromatic heterocycles. The molecule has 53 heavy (non-hydrogen) atoms. The highest BCUT2D eigenvalue weighted by Crippen LogP contribution is 2.50. The molecule has 0 spiro atoms. The summed E-state index contributed by atoms with van der Waals surface area (Å²) in [5, 5.41) is 17.1. The lowest BCUT2D eigenvalue weighted by molar-refractivity contribution is 0.0565. The van der Waals surface area contributed by atoms with Gasteiger partial charge in [-0.25, -0.2) is 0 Å². The molecule has 8 nitrogen and oxygen atoms in total. The van der Waals surface area contributed by atoms with Crippen LogP contribution in [0.3, 0.4) is 0 Å². The van der Waals surface area contributed by atoms with Gasteiger partial charge in [-0.05, 0) is 83.3 Å². The molecule has 0 radical (unpaired) electrons. The predicted octanol–water partition coefficient (Wildman–Crippen LogP) is 9.32. The van der Waals surface area contributed by atoms with Gasteiger partial charge >= 0.3 is 0 Å². The number of carbonyl (C=O) groups is 4. The molecule has 1 N–H and O–H groups in total. The zero-order valence-corrected chi connectivity index (χ0v) is 31.6. The Morgan fingerprint density at radius 1 is 0.623 bits per heavy atom. The van der Waals surface area contributed by atoms with Gasteiger partial charge in [-0.1, -0.05) is 84.4 Å². The normalized spacial score (nSPS) is 18.6. The van der Waals surface area contributed by atoms with E-state index in [0.717, 1.165) is 109 Å². The first kappa shape index (κ1) is 35.5. The number of fused-ring (bicyclic) bond motifs is 2. The number of aliphatic hydroxyl groups is 1. The highest BCUT2D eigenvalue weighted by atomic mass is 16.3. The van der Waals surface area contributed by atoms with E-state index in [-0.39, 0.29) is 48.1 Å². The number of amides is 4. The van der Waals surface area contributed by atoms with Crippen LogP contribution in [-0.2, 0) is 0 Å². The van der Waals surface area contributed by atoms with E-state index in [9.17, 15) is 24.3 Å². The molecule has 276 valence electrons. The number of hydrogen-bond donors (Lipinski definition) is 1. The van der Waals surface area contributed by atoms with E-state index in [1.54, 1.807) is 0 Å². The van der Waals surface area contributed by atoms with Crippen LogP contribution in [0.5, 0.6) is 0 Å². The molecular weight excluding hydrogens is 663 g/mol. The van der Waals surface area contributed by atoms with Gasteiger partial charge in [0.25, 0.3) is 23.6 Å². The summed E-state index contributed by atoms with van der Waals surface area (Å²) in [5.41, 5.74) is 2.97. The summed E-state index contributed by atoms with van der Waals surface area (Å²) < 4.78 is 0. The minimum Gasteiger partial charge on any atom is -0.394 e. The summed E-state index contributed by atoms with van der Waals surface area (Å²) >= 11 is 0. The van der Waals surface area contributed by atoms with Crippen molar-refractivity contribution in [2.24, 2.45) is 11.8 Å². The molecule has 1 fully saturated rings. The van der Waals surface area contributed by atoms with Crippen LogP contribution in [0.4, 0.5) is 5.69 Å². The van der Waals surface area contributed by atoms with Gasteiger partial charge in [0.1, 0.15) is 0 Å². The topological polar surface area (TPSA) is 98.2 Å². The second kappa shape index (κ2) is 14.0. The largest absolute Gasteiger partial charge is 0.394 e. The molecule has 4 amide bonds. The number of imide groups is 2. The third-order valence-corrected chi connectivity index (χ3v) is 12.7. The molecule has 1 saturated heterocycles. The average molecular weight is 714 g/mol. The summed E-state index contributed by atoms with van der Waals surface area (Å²) in [4.78, 5) is 62.5. The first-order valence-corrected chi connectivity index (χ1v) is 20.1. The van der Waals surface area contributed by atoms with Gasteiger partial charge < -0.3 is 10.0 Å². The number of hydrogen-bond acceptors (Lipinski definition) is 6. The minimum atomic E-state index is -0.265. The van der Waals surface area contributed by atoms with Crippen molar-refractivity contribution in [1.82, 2.24) is 9.80 Å². The fraction of sp³-hybridized carbons (Fsp3) is 0.467. The fourth-order valence-corrected chi connectivity index (χ4v) is 9.70. The molecule has 3 aliphatic heterocycles. The van der Waals surface area contributed by atoms with E-state index in [1.165, 1.54) is 9.80 Å². The molecule has 5 aromatic carbocycles. The van der Waals surface area contributed by atoms with Crippen molar-refractivity contribution in [3.63, 3.8) is 0 Å². The van der Waals surface area contributed by atoms with Gasteiger partial charge in [0, 0.05) is 63.6 Å². The number of carbonyl (C=O) groups excluding carboxylic acids is 4. The first-order valence-electron chi connectivity index (χ1n) is 20.1. The van der Waals surface area contributed by atoms with Crippen molar-refractivity contribution in [2.45, 2.75) is 97.9 Å². The van der Waals surface area contributed by atoms with Crippen LogP contribution in [0.15, 0.2) is 42.5 Å². The van der Waals surface area contributed by atoms with Crippen molar-refractivity contribution in [1.29, 1.82) is 0 Å². The molecular formula is C45H51N3O5. The van der Waals surface area contributed by atoms with Crippen LogP contribution in [0.25, 0.3) is 43.1 Å². The van der Waals surface area contributed by atoms with Crippen LogP contribution in [0.2, 0.25) is 0 Å². The summed E-state index contributed by atoms with van der Waals surface area (Å²) in [6.07, 6.45) is 9.71. The van der Waals surface area contributed by atoms with Gasteiger partial charge in [0.2, 0.25) is 0 Å². The SMILES string of the molecule is CCCCC(CC)CN1C(=O)c2ccc3c4ccc5c6c(cc(N7CCC[C@@H]7CO)c(c7ccc(c2c37)C1=O)c64)C(=O)N(CC(CC)CCCC)C5=O. The molecule has 3 atom stereocenters. The van der Waals surface area contributed by atoms with Crippen molar-refractivity contribution >= 4 is 72.4 Å². The fourth-order valence-electron chi connectivity index (χ4n) is 9.70. The quantitative estimate of drug-likeness (QED) is 0.0700. The van der Waals surface area contributed by atoms with Gasteiger partial charge in [-0.15, -0.1) is 0 Å². The third-order valence-electron chi connectivity index (χ3n) is 12.7. The Kier molecular flexibility index (Phi) is 9.38. The number of anilines is 1. The molecule has 5 aromatic rings. The van der Waals surface area contributed by atoms with E-state index in [2.05, 4.69) is 32.6 Å². The average Bonchev–Trinajstić information content (AvgIpc) is 3.66. The summed E-state index contributed by atoms with van der Waals surface area (Å²) in [5.74, 6) is -0.550. The Balaban J connectivity index is 1.38. The number of rotatable bonds is 14. The minimum absolute atomic E-state index is 0.0151. The van der Waals surface area contributed by atoms with Crippen LogP contribution in [0, 0.1) is 11.8 Å². The lowest BCUT2D eigenvalue weighted by Gasteiger charge is -2.34. The van der Waals surface area contributed by atoms with Crippen LogP contribution >= 0.6 is 0 Å². The van der Waals surface area contributed by atoms with Crippen LogP contribution < -0.4 is 4.90 Å². The molecule has 3 aliphatic rings. The monoisotopic (exact) mass is 713 g/mol. The Bertz CT molecular complexity index is 2270. The maximum Gasteiger partial charge on any atom is 0.261 e. The van der Waals surface area contributed by atoms with E-state index in [0.29, 0.717) is 46.1 Å². The number of benzene rings is 5. The smallest absolute Gasteiger partial charge is 0.261 e. The van der Waals surface area contributed by atoms with Crippen molar-refractivity contribution in [2.75, 3.05) is 31.1 Å². The lowest BCUT2D eigenvalue weighted by Crippen LogP contribution is -2.43. The Morgan fingerprint density at radius 2 is 1.11 bits per heavy atom. The number of aliphatic hydroxyl groups excluding tert-OH is 1. The third kappa shape index (κ3) is 5.42. The molecule has 3 heterocycles. The second-order valence-electron chi connectivity index (χ2n) is 15.7. The summed E-state index contributed by atoms with van der Waals surface area (Å²) in [6, 6.07) is 13.4. The van der Waals surface area contributed by atoms with E-state index < -0.39 is 0 Å². The summed E-state index contributed by atoms with van der Waals surface area (Å²) in [6.45, 7) is 10.1. The van der Waals surface area contributed by atoms with Crippen LogP contribution in [-0.4, -0.2) is 70.8 Å². The molecule has 8 rings (SSSR count). The van der Waals surface area contributed by atoms with Crippen molar-refractivity contribution in [3.8, 4) is 0 Å². The van der Waals surface area contributed by atoms with Gasteiger partial charge in [-0.3, -0.25) is 29.0 Å². The molecule has 0 aliphatic carbocycles. The predicted molar refractivity (Wildman–Crippen MR) is 212 cm³/mol. The van der Waals surface area contributed by atoms with Gasteiger partial charge in [0.15, 0.2) is 0 Å². The maximum absolute atomic E-state index is 14.6. The van der Waals surface area contributed by atoms with Gasteiger partial charge in [0.05, 0.1) is 18.2 Å². The Hall–Kier alpha value is -4.56. The van der Waals surface area contributed by atoms with Crippen molar-refractivity contribution in [3.05, 3.63) is 64.7 Å². The molecule has 0 bridgehead atoms. The van der Waals surface area contributed by atoms with E-state index in [1.807, 2.05) is 42.5 Å². The van der Waals surface area contributed by atoms with Gasteiger partial charge in [-0.2, -0.15) is 0 Å².